The third-order valence-electron chi connectivity index (χ3n) is 1.76. The molecule has 0 aliphatic heterocycles. The smallest absolute Gasteiger partial charge is 0.396 e. The molecule has 8 heteroatoms. The molecule has 2 aromatic heterocycles. The first-order valence-electron chi connectivity index (χ1n) is 4.57. The molecule has 0 atom stereocenters. The maximum Gasteiger partial charge on any atom is 0.396 e. The lowest BCUT2D eigenvalue weighted by molar-refractivity contribution is 0.0481. The molecule has 0 aliphatic carbocycles. The molecular formula is C9H6Cl2N2O3S. The van der Waals surface area contributed by atoms with Crippen LogP contribution in [0.4, 0.5) is 0 Å². The quantitative estimate of drug-likeness (QED) is 0.812. The molecule has 2 rings (SSSR count). The van der Waals surface area contributed by atoms with Crippen molar-refractivity contribution in [3.63, 3.8) is 0 Å². The van der Waals surface area contributed by atoms with Crippen LogP contribution >= 0.6 is 34.5 Å². The molecule has 0 bridgehead atoms. The van der Waals surface area contributed by atoms with Crippen LogP contribution in [0.2, 0.25) is 8.67 Å². The van der Waals surface area contributed by atoms with Crippen molar-refractivity contribution >= 4 is 40.5 Å². The second-order valence-electron chi connectivity index (χ2n) is 2.87. The minimum atomic E-state index is -0.663. The summed E-state index contributed by atoms with van der Waals surface area (Å²) in [5, 5.41) is 7.28. The summed E-state index contributed by atoms with van der Waals surface area (Å²) in [5.74, 6) is -0.731. The number of ether oxygens (including phenoxy) is 1. The second-order valence-corrected chi connectivity index (χ2v) is 5.16. The summed E-state index contributed by atoms with van der Waals surface area (Å²) >= 11 is 12.9. The Kier molecular flexibility index (Phi) is 3.66. The van der Waals surface area contributed by atoms with Gasteiger partial charge in [0.05, 0.1) is 16.5 Å². The molecule has 0 spiro atoms. The van der Waals surface area contributed by atoms with Gasteiger partial charge in [0.2, 0.25) is 0 Å². The zero-order chi connectivity index (χ0) is 12.4. The lowest BCUT2D eigenvalue weighted by Crippen LogP contribution is -2.04. The Bertz CT molecular complexity index is 552. The number of thiophene rings is 1. The minimum absolute atomic E-state index is 0.140. The number of hydrogen-bond donors (Lipinski definition) is 0. The maximum atomic E-state index is 11.3. The van der Waals surface area contributed by atoms with Crippen LogP contribution in [-0.2, 0) is 4.74 Å². The normalized spacial score (nSPS) is 10.5. The predicted octanol–water partition coefficient (Wildman–Crippen LogP) is 3.28. The fourth-order valence-electron chi connectivity index (χ4n) is 1.09. The Balaban J connectivity index is 2.30. The first-order valence-corrected chi connectivity index (χ1v) is 6.15. The number of hydrogen-bond acceptors (Lipinski definition) is 6. The third kappa shape index (κ3) is 2.59. The van der Waals surface area contributed by atoms with Crippen molar-refractivity contribution in [2.45, 2.75) is 6.92 Å². The summed E-state index contributed by atoms with van der Waals surface area (Å²) in [6, 6.07) is 1.59. The molecule has 0 saturated heterocycles. The molecule has 0 aromatic carbocycles. The zero-order valence-corrected chi connectivity index (χ0v) is 10.9. The molecule has 0 saturated carbocycles. The van der Waals surface area contributed by atoms with Crippen molar-refractivity contribution in [2.75, 3.05) is 6.61 Å². The first kappa shape index (κ1) is 12.3. The molecular weight excluding hydrogens is 287 g/mol. The van der Waals surface area contributed by atoms with Crippen molar-refractivity contribution in [1.29, 1.82) is 0 Å². The van der Waals surface area contributed by atoms with Gasteiger partial charge in [-0.1, -0.05) is 23.2 Å². The standard InChI is InChI=1S/C9H6Cl2N2O3S/c1-2-15-9(14)8-13-12-7(16-8)4-3-5(10)17-6(4)11/h3H,2H2,1H3. The number of rotatable bonds is 3. The van der Waals surface area contributed by atoms with Crippen LogP contribution in [0.5, 0.6) is 0 Å². The van der Waals surface area contributed by atoms with Crippen molar-refractivity contribution in [3.05, 3.63) is 20.6 Å². The molecule has 0 radical (unpaired) electrons. The molecule has 0 amide bonds. The summed E-state index contributed by atoms with van der Waals surface area (Å²) in [6.07, 6.45) is 0. The van der Waals surface area contributed by atoms with Gasteiger partial charge in [0.15, 0.2) is 0 Å². The lowest BCUT2D eigenvalue weighted by atomic mass is 10.3. The molecule has 17 heavy (non-hydrogen) atoms. The molecule has 2 aromatic rings. The van der Waals surface area contributed by atoms with Gasteiger partial charge in [-0.15, -0.1) is 21.5 Å². The van der Waals surface area contributed by atoms with Gasteiger partial charge < -0.3 is 9.15 Å². The van der Waals surface area contributed by atoms with Gasteiger partial charge in [0.25, 0.3) is 5.89 Å². The lowest BCUT2D eigenvalue weighted by Gasteiger charge is -1.94. The van der Waals surface area contributed by atoms with Crippen molar-refractivity contribution < 1.29 is 13.9 Å². The van der Waals surface area contributed by atoms with Gasteiger partial charge in [-0.2, -0.15) is 0 Å². The van der Waals surface area contributed by atoms with E-state index >= 15 is 0 Å². The van der Waals surface area contributed by atoms with Crippen molar-refractivity contribution in [2.24, 2.45) is 0 Å². The topological polar surface area (TPSA) is 65.2 Å². The second kappa shape index (κ2) is 5.03. The highest BCUT2D eigenvalue weighted by atomic mass is 35.5. The van der Waals surface area contributed by atoms with E-state index in [1.165, 1.54) is 11.3 Å². The molecule has 2 heterocycles. The number of aromatic nitrogens is 2. The average Bonchev–Trinajstić information content (AvgIpc) is 2.85. The highest BCUT2D eigenvalue weighted by Gasteiger charge is 2.19. The molecule has 90 valence electrons. The Hall–Kier alpha value is -1.11. The van der Waals surface area contributed by atoms with Gasteiger partial charge in [0, 0.05) is 0 Å². The number of halogens is 2. The maximum absolute atomic E-state index is 11.3. The summed E-state index contributed by atoms with van der Waals surface area (Å²) in [5.41, 5.74) is 0.504. The fraction of sp³-hybridized carbons (Fsp3) is 0.222. The summed E-state index contributed by atoms with van der Waals surface area (Å²) in [6.45, 7) is 1.92. The van der Waals surface area contributed by atoms with Gasteiger partial charge in [0.1, 0.15) is 4.34 Å². The van der Waals surface area contributed by atoms with Gasteiger partial charge in [-0.05, 0) is 13.0 Å². The van der Waals surface area contributed by atoms with E-state index in [0.717, 1.165) is 0 Å². The van der Waals surface area contributed by atoms with Crippen LogP contribution in [0.3, 0.4) is 0 Å². The molecule has 0 N–H and O–H groups in total. The molecule has 0 aliphatic rings. The SMILES string of the molecule is CCOC(=O)c1nnc(-c2cc(Cl)sc2Cl)o1. The van der Waals surface area contributed by atoms with E-state index in [1.54, 1.807) is 13.0 Å². The van der Waals surface area contributed by atoms with Gasteiger partial charge >= 0.3 is 11.9 Å². The largest absolute Gasteiger partial charge is 0.459 e. The summed E-state index contributed by atoms with van der Waals surface area (Å²) < 4.78 is 10.8. The molecule has 0 fully saturated rings. The number of esters is 1. The highest BCUT2D eigenvalue weighted by molar-refractivity contribution is 7.20. The Morgan fingerprint density at radius 1 is 1.53 bits per heavy atom. The van der Waals surface area contributed by atoms with E-state index in [2.05, 4.69) is 10.2 Å². The van der Waals surface area contributed by atoms with Gasteiger partial charge in [-0.3, -0.25) is 0 Å². The van der Waals surface area contributed by atoms with E-state index in [4.69, 9.17) is 32.4 Å². The molecule has 0 unspecified atom stereocenters. The van der Waals surface area contributed by atoms with Crippen molar-refractivity contribution in [3.8, 4) is 11.5 Å². The monoisotopic (exact) mass is 292 g/mol. The van der Waals surface area contributed by atoms with Crippen LogP contribution in [0.15, 0.2) is 10.5 Å². The van der Waals surface area contributed by atoms with Crippen LogP contribution in [-0.4, -0.2) is 22.8 Å². The van der Waals surface area contributed by atoms with E-state index in [0.29, 0.717) is 14.2 Å². The summed E-state index contributed by atoms with van der Waals surface area (Å²) in [7, 11) is 0. The van der Waals surface area contributed by atoms with E-state index < -0.39 is 5.97 Å². The van der Waals surface area contributed by atoms with Crippen LogP contribution in [0.1, 0.15) is 17.6 Å². The number of nitrogens with zero attached hydrogens (tertiary/aromatic N) is 2. The van der Waals surface area contributed by atoms with E-state index in [9.17, 15) is 4.79 Å². The van der Waals surface area contributed by atoms with E-state index in [-0.39, 0.29) is 18.4 Å². The minimum Gasteiger partial charge on any atom is -0.459 e. The zero-order valence-electron chi connectivity index (χ0n) is 8.57. The van der Waals surface area contributed by atoms with E-state index in [1.807, 2.05) is 0 Å². The average molecular weight is 293 g/mol. The van der Waals surface area contributed by atoms with Crippen LogP contribution in [0, 0.1) is 0 Å². The van der Waals surface area contributed by atoms with Crippen LogP contribution < -0.4 is 0 Å². The first-order chi connectivity index (χ1) is 8.11. The predicted molar refractivity (Wildman–Crippen MR) is 63.6 cm³/mol. The third-order valence-corrected chi connectivity index (χ3v) is 3.25. The fourth-order valence-corrected chi connectivity index (χ4v) is 2.54. The summed E-state index contributed by atoms with van der Waals surface area (Å²) in [4.78, 5) is 11.3. The molecule has 5 nitrogen and oxygen atoms in total. The number of carbonyl (C=O) groups excluding carboxylic acids is 1. The van der Waals surface area contributed by atoms with Crippen LogP contribution in [0.25, 0.3) is 11.5 Å². The highest BCUT2D eigenvalue weighted by Crippen LogP contribution is 2.37. The Morgan fingerprint density at radius 2 is 2.29 bits per heavy atom. The Labute approximate surface area is 110 Å². The Morgan fingerprint density at radius 3 is 2.88 bits per heavy atom. The van der Waals surface area contributed by atoms with Crippen molar-refractivity contribution in [1.82, 2.24) is 10.2 Å². The van der Waals surface area contributed by atoms with Gasteiger partial charge in [-0.25, -0.2) is 4.79 Å². The number of carbonyl (C=O) groups is 1.